The van der Waals surface area contributed by atoms with Crippen molar-refractivity contribution in [1.29, 1.82) is 0 Å². The number of aryl methyl sites for hydroxylation is 1. The van der Waals surface area contributed by atoms with E-state index in [1.165, 1.54) is 15.3 Å². The van der Waals surface area contributed by atoms with E-state index in [0.717, 1.165) is 47.1 Å². The predicted octanol–water partition coefficient (Wildman–Crippen LogP) is 6.42. The lowest BCUT2D eigenvalue weighted by atomic mass is 9.81. The van der Waals surface area contributed by atoms with Crippen LogP contribution in [0.5, 0.6) is 0 Å². The highest BCUT2D eigenvalue weighted by Gasteiger charge is 2.39. The molecular weight excluding hydrogens is 376 g/mol. The van der Waals surface area contributed by atoms with E-state index in [2.05, 4.69) is 42.0 Å². The Kier molecular flexibility index (Phi) is 4.13. The van der Waals surface area contributed by atoms with Crippen LogP contribution >= 0.6 is 23.1 Å². The number of oxazole rings is 2. The molecule has 4 heterocycles. The van der Waals surface area contributed by atoms with Crippen LogP contribution in [0.15, 0.2) is 44.5 Å². The van der Waals surface area contributed by atoms with E-state index >= 15 is 0 Å². The van der Waals surface area contributed by atoms with E-state index < -0.39 is 0 Å². The second kappa shape index (κ2) is 6.53. The summed E-state index contributed by atoms with van der Waals surface area (Å²) in [6.45, 7) is 4.48. The largest absolute Gasteiger partial charge is 0.444 e. The fraction of sp³-hybridized carbons (Fsp3) is 0.333. The normalized spacial score (nSPS) is 21.0. The number of unbranched alkanes of at least 4 members (excludes halogenated alkanes) is 1. The Morgan fingerprint density at radius 2 is 2.19 bits per heavy atom. The van der Waals surface area contributed by atoms with Crippen molar-refractivity contribution in [2.45, 2.75) is 39.5 Å². The zero-order valence-electron chi connectivity index (χ0n) is 15.3. The summed E-state index contributed by atoms with van der Waals surface area (Å²) >= 11 is 3.56. The number of hydrogen-bond donors (Lipinski definition) is 0. The first-order valence-electron chi connectivity index (χ1n) is 9.25. The zero-order chi connectivity index (χ0) is 18.4. The van der Waals surface area contributed by atoms with Gasteiger partial charge in [-0.15, -0.1) is 11.3 Å². The molecule has 1 aliphatic carbocycles. The first kappa shape index (κ1) is 17.1. The van der Waals surface area contributed by atoms with Crippen LogP contribution in [0.25, 0.3) is 21.7 Å². The predicted molar refractivity (Wildman–Crippen MR) is 110 cm³/mol. The highest BCUT2D eigenvalue weighted by molar-refractivity contribution is 8.12. The molecule has 3 aromatic rings. The summed E-state index contributed by atoms with van der Waals surface area (Å²) in [4.78, 5) is 13.8. The Labute approximate surface area is 166 Å². The summed E-state index contributed by atoms with van der Waals surface area (Å²) < 4.78 is 11.5. The molecule has 0 N–H and O–H groups in total. The number of fused-ring (bicyclic) bond motifs is 2. The van der Waals surface area contributed by atoms with Gasteiger partial charge in [0.25, 0.3) is 0 Å². The lowest BCUT2D eigenvalue weighted by Crippen LogP contribution is -2.18. The fourth-order valence-electron chi connectivity index (χ4n) is 3.58. The fourth-order valence-corrected chi connectivity index (χ4v) is 6.11. The van der Waals surface area contributed by atoms with Gasteiger partial charge in [0.15, 0.2) is 0 Å². The molecule has 1 unspecified atom stereocenters. The third-order valence-electron chi connectivity index (χ3n) is 5.07. The Hall–Kier alpha value is -2.05. The molecule has 27 heavy (non-hydrogen) atoms. The first-order chi connectivity index (χ1) is 13.1. The molecule has 2 aliphatic rings. The summed E-state index contributed by atoms with van der Waals surface area (Å²) in [6.07, 6.45) is 14.0. The highest BCUT2D eigenvalue weighted by atomic mass is 32.2. The second-order valence-corrected chi connectivity index (χ2v) is 9.50. The van der Waals surface area contributed by atoms with Gasteiger partial charge >= 0.3 is 0 Å². The molecule has 0 amide bonds. The van der Waals surface area contributed by atoms with E-state index in [9.17, 15) is 0 Å². The molecule has 6 heteroatoms. The summed E-state index contributed by atoms with van der Waals surface area (Å²) in [5.74, 6) is 2.44. The van der Waals surface area contributed by atoms with Crippen molar-refractivity contribution in [3.63, 3.8) is 0 Å². The van der Waals surface area contributed by atoms with Gasteiger partial charge in [0.1, 0.15) is 12.0 Å². The van der Waals surface area contributed by atoms with Gasteiger partial charge in [-0.2, -0.15) is 0 Å². The van der Waals surface area contributed by atoms with E-state index in [0.29, 0.717) is 5.89 Å². The number of thiophene rings is 1. The summed E-state index contributed by atoms with van der Waals surface area (Å²) in [5.41, 5.74) is 1.29. The van der Waals surface area contributed by atoms with E-state index in [4.69, 9.17) is 8.83 Å². The van der Waals surface area contributed by atoms with Gasteiger partial charge in [-0.1, -0.05) is 38.1 Å². The molecule has 5 rings (SSSR count). The van der Waals surface area contributed by atoms with Crippen LogP contribution in [0.1, 0.15) is 48.8 Å². The van der Waals surface area contributed by atoms with Crippen molar-refractivity contribution in [3.05, 3.63) is 57.8 Å². The Bertz CT molecular complexity index is 1040. The molecule has 0 spiro atoms. The topological polar surface area (TPSA) is 52.1 Å². The van der Waals surface area contributed by atoms with Gasteiger partial charge in [-0.25, -0.2) is 9.97 Å². The van der Waals surface area contributed by atoms with Crippen LogP contribution in [-0.2, 0) is 12.8 Å². The minimum Gasteiger partial charge on any atom is -0.444 e. The van der Waals surface area contributed by atoms with Crippen molar-refractivity contribution in [1.82, 2.24) is 9.97 Å². The molecule has 0 saturated heterocycles. The third kappa shape index (κ3) is 3.01. The van der Waals surface area contributed by atoms with E-state index in [1.54, 1.807) is 35.6 Å². The molecule has 3 aromatic heterocycles. The molecule has 1 aliphatic heterocycles. The average molecular weight is 397 g/mol. The minimum absolute atomic E-state index is 0.00642. The van der Waals surface area contributed by atoms with Gasteiger partial charge in [-0.05, 0) is 30.5 Å². The maximum Gasteiger partial charge on any atom is 0.236 e. The number of allylic oxidation sites excluding steroid dienone is 2. The van der Waals surface area contributed by atoms with Crippen molar-refractivity contribution in [3.8, 4) is 10.8 Å². The zero-order valence-corrected chi connectivity index (χ0v) is 17.0. The second-order valence-electron chi connectivity index (χ2n) is 7.28. The van der Waals surface area contributed by atoms with Gasteiger partial charge < -0.3 is 8.83 Å². The Balaban J connectivity index is 1.42. The maximum absolute atomic E-state index is 5.98. The van der Waals surface area contributed by atoms with Crippen molar-refractivity contribution in [2.24, 2.45) is 5.41 Å². The molecule has 0 saturated carbocycles. The van der Waals surface area contributed by atoms with Crippen LogP contribution in [-0.4, -0.2) is 9.97 Å². The average Bonchev–Trinajstić information content (AvgIpc) is 3.40. The number of rotatable bonds is 5. The summed E-state index contributed by atoms with van der Waals surface area (Å²) in [6, 6.07) is 2.21. The van der Waals surface area contributed by atoms with E-state index in [-0.39, 0.29) is 5.41 Å². The van der Waals surface area contributed by atoms with Crippen molar-refractivity contribution < 1.29 is 8.83 Å². The third-order valence-corrected chi connectivity index (χ3v) is 7.53. The number of nitrogens with zero attached hydrogens (tertiary/aromatic N) is 2. The summed E-state index contributed by atoms with van der Waals surface area (Å²) in [5, 5.41) is 0. The Morgan fingerprint density at radius 3 is 3.00 bits per heavy atom. The molecule has 0 radical (unpaired) electrons. The summed E-state index contributed by atoms with van der Waals surface area (Å²) in [7, 11) is 0. The molecule has 4 nitrogen and oxygen atoms in total. The first-order valence-corrected chi connectivity index (χ1v) is 10.9. The number of hydrogen-bond acceptors (Lipinski definition) is 6. The molecule has 138 valence electrons. The SMILES string of the molecule is CCCCc1cnc(-c2cc3c(s2)CC2(C)C=C(c4ncco4)SC2=C3)o1. The smallest absolute Gasteiger partial charge is 0.236 e. The molecule has 1 atom stereocenters. The molecule has 0 bridgehead atoms. The lowest BCUT2D eigenvalue weighted by Gasteiger charge is -2.27. The lowest BCUT2D eigenvalue weighted by molar-refractivity contribution is 0.509. The monoisotopic (exact) mass is 396 g/mol. The maximum atomic E-state index is 5.98. The quantitative estimate of drug-likeness (QED) is 0.498. The molecule has 0 fully saturated rings. The van der Waals surface area contributed by atoms with Crippen molar-refractivity contribution >= 4 is 34.1 Å². The van der Waals surface area contributed by atoms with Crippen molar-refractivity contribution in [2.75, 3.05) is 0 Å². The highest BCUT2D eigenvalue weighted by Crippen LogP contribution is 2.57. The van der Waals surface area contributed by atoms with Crippen LogP contribution < -0.4 is 0 Å². The van der Waals surface area contributed by atoms with Crippen LogP contribution in [0, 0.1) is 5.41 Å². The standard InChI is InChI=1S/C21H20N2O2S2/c1-3-4-5-14-12-23-20(25-14)15-8-13-9-18-21(2,10-16(13)26-15)11-17(27-18)19-22-6-7-24-19/h6-9,11-12H,3-5,10H2,1-2H3. The molecular formula is C21H20N2O2S2. The Morgan fingerprint density at radius 1 is 1.26 bits per heavy atom. The van der Waals surface area contributed by atoms with Gasteiger partial charge in [0.05, 0.1) is 22.2 Å². The van der Waals surface area contributed by atoms with Crippen LogP contribution in [0.2, 0.25) is 0 Å². The van der Waals surface area contributed by atoms with E-state index in [1.807, 2.05) is 6.20 Å². The number of aromatic nitrogens is 2. The van der Waals surface area contributed by atoms with Crippen LogP contribution in [0.3, 0.4) is 0 Å². The minimum atomic E-state index is 0.00642. The van der Waals surface area contributed by atoms with Gasteiger partial charge in [0.2, 0.25) is 11.8 Å². The number of thioether (sulfide) groups is 1. The van der Waals surface area contributed by atoms with Gasteiger partial charge in [-0.3, -0.25) is 0 Å². The van der Waals surface area contributed by atoms with Crippen LogP contribution in [0.4, 0.5) is 0 Å². The van der Waals surface area contributed by atoms with Gasteiger partial charge in [0, 0.05) is 21.6 Å². The molecule has 0 aromatic carbocycles.